The Hall–Kier alpha value is -4.44. The number of carbonyl (C=O) groups excluding carboxylic acids is 1. The van der Waals surface area contributed by atoms with Crippen molar-refractivity contribution >= 4 is 22.4 Å². The molecule has 0 amide bonds. The molecule has 4 rings (SSSR count). The van der Waals surface area contributed by atoms with E-state index >= 15 is 0 Å². The lowest BCUT2D eigenvalue weighted by Gasteiger charge is -2.15. The largest absolute Gasteiger partial charge is 0.461 e. The second-order valence-corrected chi connectivity index (χ2v) is 7.23. The van der Waals surface area contributed by atoms with Crippen LogP contribution < -0.4 is 11.3 Å². The van der Waals surface area contributed by atoms with Gasteiger partial charge >= 0.3 is 5.97 Å². The Kier molecular flexibility index (Phi) is 5.44. The highest BCUT2D eigenvalue weighted by Gasteiger charge is 2.24. The molecule has 0 saturated carbocycles. The maximum Gasteiger partial charge on any atom is 0.359 e. The van der Waals surface area contributed by atoms with Gasteiger partial charge in [-0.25, -0.2) is 4.79 Å². The maximum absolute atomic E-state index is 13.4. The summed E-state index contributed by atoms with van der Waals surface area (Å²) in [5.41, 5.74) is 8.69. The summed E-state index contributed by atoms with van der Waals surface area (Å²) < 4.78 is 6.32. The van der Waals surface area contributed by atoms with Crippen LogP contribution in [0.15, 0.2) is 65.5 Å². The van der Waals surface area contributed by atoms with Gasteiger partial charge in [-0.05, 0) is 37.6 Å². The van der Waals surface area contributed by atoms with Gasteiger partial charge in [0.15, 0.2) is 5.69 Å². The lowest BCUT2D eigenvalue weighted by Crippen LogP contribution is -2.26. The standard InChI is InChI=1S/C25H20N4O3/c1-3-32-25(31)23-19-13-18(16-7-5-4-6-8-16)20(14-26)22(27)21(19)24(30)29(28-23)17-11-9-15(2)10-12-17/h4-13H,3,27H2,1-2H3. The van der Waals surface area contributed by atoms with E-state index in [0.29, 0.717) is 11.3 Å². The number of nitrogens with two attached hydrogens (primary N) is 1. The average molecular weight is 424 g/mol. The van der Waals surface area contributed by atoms with Gasteiger partial charge in [-0.3, -0.25) is 4.79 Å². The van der Waals surface area contributed by atoms with Crippen LogP contribution in [0.1, 0.15) is 28.5 Å². The number of hydrogen-bond donors (Lipinski definition) is 1. The van der Waals surface area contributed by atoms with Crippen LogP contribution in [-0.4, -0.2) is 22.4 Å². The monoisotopic (exact) mass is 424 g/mol. The van der Waals surface area contributed by atoms with Crippen molar-refractivity contribution in [1.82, 2.24) is 9.78 Å². The fourth-order valence-corrected chi connectivity index (χ4v) is 3.60. The van der Waals surface area contributed by atoms with Gasteiger partial charge in [0.25, 0.3) is 5.56 Å². The van der Waals surface area contributed by atoms with Crippen molar-refractivity contribution < 1.29 is 9.53 Å². The van der Waals surface area contributed by atoms with E-state index in [9.17, 15) is 14.9 Å². The lowest BCUT2D eigenvalue weighted by atomic mass is 9.94. The lowest BCUT2D eigenvalue weighted by molar-refractivity contribution is 0.0520. The molecule has 32 heavy (non-hydrogen) atoms. The molecular formula is C25H20N4O3. The number of nitriles is 1. The van der Waals surface area contributed by atoms with Gasteiger partial charge in [0, 0.05) is 10.9 Å². The number of fused-ring (bicyclic) bond motifs is 1. The molecule has 0 atom stereocenters. The zero-order chi connectivity index (χ0) is 22.8. The zero-order valence-corrected chi connectivity index (χ0v) is 17.6. The van der Waals surface area contributed by atoms with E-state index in [1.165, 1.54) is 0 Å². The molecule has 1 aromatic heterocycles. The van der Waals surface area contributed by atoms with Gasteiger partial charge in [-0.2, -0.15) is 15.0 Å². The van der Waals surface area contributed by atoms with Crippen LogP contribution in [0, 0.1) is 18.3 Å². The first-order valence-corrected chi connectivity index (χ1v) is 10.1. The second-order valence-electron chi connectivity index (χ2n) is 7.23. The van der Waals surface area contributed by atoms with Gasteiger partial charge in [-0.15, -0.1) is 0 Å². The first-order chi connectivity index (χ1) is 15.5. The van der Waals surface area contributed by atoms with Gasteiger partial charge < -0.3 is 10.5 Å². The molecular weight excluding hydrogens is 404 g/mol. The molecule has 0 bridgehead atoms. The molecule has 0 saturated heterocycles. The molecule has 0 fully saturated rings. The van der Waals surface area contributed by atoms with Crippen molar-refractivity contribution in [2.75, 3.05) is 12.3 Å². The summed E-state index contributed by atoms with van der Waals surface area (Å²) in [4.78, 5) is 26.3. The number of ether oxygens (including phenoxy) is 1. The van der Waals surface area contributed by atoms with Crippen LogP contribution in [-0.2, 0) is 4.74 Å². The number of aromatic nitrogens is 2. The summed E-state index contributed by atoms with van der Waals surface area (Å²) in [5, 5.41) is 14.5. The third-order valence-corrected chi connectivity index (χ3v) is 5.17. The van der Waals surface area contributed by atoms with E-state index in [4.69, 9.17) is 10.5 Å². The first-order valence-electron chi connectivity index (χ1n) is 10.1. The Bertz CT molecular complexity index is 1430. The highest BCUT2D eigenvalue weighted by Crippen LogP contribution is 2.34. The van der Waals surface area contributed by atoms with E-state index in [1.54, 1.807) is 25.1 Å². The molecule has 158 valence electrons. The number of esters is 1. The molecule has 0 spiro atoms. The summed E-state index contributed by atoms with van der Waals surface area (Å²) >= 11 is 0. The van der Waals surface area contributed by atoms with Crippen molar-refractivity contribution in [3.8, 4) is 22.9 Å². The van der Waals surface area contributed by atoms with Crippen LogP contribution in [0.3, 0.4) is 0 Å². The van der Waals surface area contributed by atoms with E-state index < -0.39 is 11.5 Å². The van der Waals surface area contributed by atoms with E-state index in [-0.39, 0.29) is 34.3 Å². The summed E-state index contributed by atoms with van der Waals surface area (Å²) in [6, 6.07) is 20.0. The van der Waals surface area contributed by atoms with E-state index in [2.05, 4.69) is 11.2 Å². The van der Waals surface area contributed by atoms with Crippen molar-refractivity contribution in [1.29, 1.82) is 5.26 Å². The van der Waals surface area contributed by atoms with Crippen LogP contribution in [0.2, 0.25) is 0 Å². The molecule has 0 aliphatic heterocycles. The molecule has 0 radical (unpaired) electrons. The minimum absolute atomic E-state index is 0.00247. The Balaban J connectivity index is 2.14. The molecule has 7 nitrogen and oxygen atoms in total. The van der Waals surface area contributed by atoms with Crippen molar-refractivity contribution in [2.45, 2.75) is 13.8 Å². The smallest absolute Gasteiger partial charge is 0.359 e. The number of benzene rings is 3. The SMILES string of the molecule is CCOC(=O)c1nn(-c2ccc(C)cc2)c(=O)c2c(N)c(C#N)c(-c3ccccc3)cc12. The van der Waals surface area contributed by atoms with Gasteiger partial charge in [0.2, 0.25) is 0 Å². The third kappa shape index (κ3) is 3.48. The Morgan fingerprint density at radius 3 is 2.47 bits per heavy atom. The summed E-state index contributed by atoms with van der Waals surface area (Å²) in [5.74, 6) is -0.679. The number of nitrogens with zero attached hydrogens (tertiary/aromatic N) is 3. The zero-order valence-electron chi connectivity index (χ0n) is 17.6. The Labute approximate surface area is 184 Å². The van der Waals surface area contributed by atoms with Gasteiger partial charge in [-0.1, -0.05) is 48.0 Å². The van der Waals surface area contributed by atoms with E-state index in [0.717, 1.165) is 15.8 Å². The molecule has 0 aliphatic carbocycles. The highest BCUT2D eigenvalue weighted by molar-refractivity contribution is 6.09. The van der Waals surface area contributed by atoms with Crippen LogP contribution >= 0.6 is 0 Å². The first kappa shape index (κ1) is 20.8. The number of anilines is 1. The molecule has 4 aromatic rings. The molecule has 0 aliphatic rings. The highest BCUT2D eigenvalue weighted by atomic mass is 16.5. The van der Waals surface area contributed by atoms with Gasteiger partial charge in [0.1, 0.15) is 6.07 Å². The molecule has 7 heteroatoms. The summed E-state index contributed by atoms with van der Waals surface area (Å²) in [7, 11) is 0. The van der Waals surface area contributed by atoms with Crippen molar-refractivity contribution in [2.24, 2.45) is 0 Å². The van der Waals surface area contributed by atoms with Crippen LogP contribution in [0.4, 0.5) is 5.69 Å². The number of carbonyl (C=O) groups is 1. The molecule has 1 heterocycles. The normalized spacial score (nSPS) is 10.7. The molecule has 3 aromatic carbocycles. The van der Waals surface area contributed by atoms with E-state index in [1.807, 2.05) is 49.4 Å². The minimum atomic E-state index is -0.679. The predicted molar refractivity (Wildman–Crippen MR) is 123 cm³/mol. The molecule has 2 N–H and O–H groups in total. The summed E-state index contributed by atoms with van der Waals surface area (Å²) in [6.07, 6.45) is 0. The fraction of sp³-hybridized carbons (Fsp3) is 0.120. The van der Waals surface area contributed by atoms with Gasteiger partial charge in [0.05, 0.1) is 28.9 Å². The average Bonchev–Trinajstić information content (AvgIpc) is 2.80. The minimum Gasteiger partial charge on any atom is -0.461 e. The van der Waals surface area contributed by atoms with Crippen LogP contribution in [0.25, 0.3) is 27.6 Å². The Morgan fingerprint density at radius 1 is 1.16 bits per heavy atom. The Morgan fingerprint density at radius 2 is 1.84 bits per heavy atom. The van der Waals surface area contributed by atoms with Crippen LogP contribution in [0.5, 0.6) is 0 Å². The number of aryl methyl sites for hydroxylation is 1. The topological polar surface area (TPSA) is 111 Å². The maximum atomic E-state index is 13.4. The van der Waals surface area contributed by atoms with Crippen molar-refractivity contribution in [3.05, 3.63) is 87.8 Å². The molecule has 0 unspecified atom stereocenters. The predicted octanol–water partition coefficient (Wildman–Crippen LogP) is 3.99. The number of hydrogen-bond acceptors (Lipinski definition) is 6. The summed E-state index contributed by atoms with van der Waals surface area (Å²) in [6.45, 7) is 3.75. The number of nitrogen functional groups attached to an aromatic ring is 1. The number of rotatable bonds is 4. The quantitative estimate of drug-likeness (QED) is 0.392. The van der Waals surface area contributed by atoms with Crippen molar-refractivity contribution in [3.63, 3.8) is 0 Å². The fourth-order valence-electron chi connectivity index (χ4n) is 3.60. The second kappa shape index (κ2) is 8.36. The third-order valence-electron chi connectivity index (χ3n) is 5.17.